The Morgan fingerprint density at radius 3 is 2.56 bits per heavy atom. The van der Waals surface area contributed by atoms with Crippen molar-refractivity contribution in [3.05, 3.63) is 24.3 Å². The number of aliphatic hydroxyl groups excluding tert-OH is 1. The van der Waals surface area contributed by atoms with Gasteiger partial charge in [0.05, 0.1) is 7.11 Å². The van der Waals surface area contributed by atoms with Crippen molar-refractivity contribution in [2.75, 3.05) is 44.8 Å². The fourth-order valence-electron chi connectivity index (χ4n) is 3.74. The average molecular weight is 347 g/mol. The largest absolute Gasteiger partial charge is 0.497 e. The minimum atomic E-state index is 0.0287. The number of amides is 2. The van der Waals surface area contributed by atoms with Gasteiger partial charge in [0, 0.05) is 44.5 Å². The summed E-state index contributed by atoms with van der Waals surface area (Å²) >= 11 is 0. The fraction of sp³-hybridized carbons (Fsp3) is 0.632. The normalized spacial score (nSPS) is 21.9. The predicted molar refractivity (Wildman–Crippen MR) is 98.1 cm³/mol. The van der Waals surface area contributed by atoms with Crippen LogP contribution in [0.5, 0.6) is 5.75 Å². The van der Waals surface area contributed by atoms with E-state index in [4.69, 9.17) is 4.74 Å². The summed E-state index contributed by atoms with van der Waals surface area (Å²) < 4.78 is 5.20. The number of likely N-dealkylation sites (tertiary alicyclic amines) is 1. The van der Waals surface area contributed by atoms with Crippen LogP contribution in [-0.4, -0.2) is 62.0 Å². The van der Waals surface area contributed by atoms with E-state index in [9.17, 15) is 9.90 Å². The molecule has 1 aromatic carbocycles. The maximum absolute atomic E-state index is 12.5. The number of nitrogens with one attached hydrogen (secondary N) is 1. The minimum Gasteiger partial charge on any atom is -0.497 e. The number of nitrogens with zero attached hydrogens (tertiary/aromatic N) is 2. The first-order valence-corrected chi connectivity index (χ1v) is 9.25. The third kappa shape index (κ3) is 4.57. The van der Waals surface area contributed by atoms with Crippen LogP contribution < -0.4 is 15.0 Å². The van der Waals surface area contributed by atoms with Gasteiger partial charge in [-0.15, -0.1) is 0 Å². The highest BCUT2D eigenvalue weighted by atomic mass is 16.5. The highest BCUT2D eigenvalue weighted by Crippen LogP contribution is 2.23. The molecule has 6 heteroatoms. The Morgan fingerprint density at radius 2 is 1.92 bits per heavy atom. The lowest BCUT2D eigenvalue weighted by atomic mass is 9.99. The summed E-state index contributed by atoms with van der Waals surface area (Å²) in [5.41, 5.74) is 1.20. The third-order valence-electron chi connectivity index (χ3n) is 5.32. The van der Waals surface area contributed by atoms with Crippen molar-refractivity contribution in [1.82, 2.24) is 10.2 Å². The molecule has 0 radical (unpaired) electrons. The zero-order chi connectivity index (χ0) is 17.6. The van der Waals surface area contributed by atoms with E-state index in [0.717, 1.165) is 51.1 Å². The highest BCUT2D eigenvalue weighted by Gasteiger charge is 2.26. The molecular weight excluding hydrogens is 318 g/mol. The van der Waals surface area contributed by atoms with E-state index in [2.05, 4.69) is 22.3 Å². The monoisotopic (exact) mass is 347 g/mol. The van der Waals surface area contributed by atoms with Crippen molar-refractivity contribution in [1.29, 1.82) is 0 Å². The molecule has 2 amide bonds. The maximum Gasteiger partial charge on any atom is 0.317 e. The molecule has 0 bridgehead atoms. The molecule has 0 saturated carbocycles. The Balaban J connectivity index is 1.46. The molecule has 0 spiro atoms. The second-order valence-electron chi connectivity index (χ2n) is 7.05. The zero-order valence-electron chi connectivity index (χ0n) is 15.0. The number of carbonyl (C=O) groups is 1. The van der Waals surface area contributed by atoms with Gasteiger partial charge in [-0.05, 0) is 55.9 Å². The summed E-state index contributed by atoms with van der Waals surface area (Å²) in [5.74, 6) is 1.10. The molecule has 0 unspecified atom stereocenters. The smallest absolute Gasteiger partial charge is 0.317 e. The van der Waals surface area contributed by atoms with E-state index in [1.54, 1.807) is 7.11 Å². The first kappa shape index (κ1) is 17.9. The van der Waals surface area contributed by atoms with Crippen molar-refractivity contribution in [3.63, 3.8) is 0 Å². The molecule has 1 atom stereocenters. The lowest BCUT2D eigenvalue weighted by Gasteiger charge is -2.36. The molecule has 2 aliphatic heterocycles. The first-order valence-electron chi connectivity index (χ1n) is 9.25. The summed E-state index contributed by atoms with van der Waals surface area (Å²) in [6, 6.07) is 8.40. The van der Waals surface area contributed by atoms with E-state index >= 15 is 0 Å². The number of anilines is 1. The van der Waals surface area contributed by atoms with E-state index in [1.165, 1.54) is 5.69 Å². The number of ether oxygens (including phenoxy) is 1. The first-order chi connectivity index (χ1) is 12.2. The quantitative estimate of drug-likeness (QED) is 0.875. The van der Waals surface area contributed by atoms with Gasteiger partial charge in [0.15, 0.2) is 0 Å². The summed E-state index contributed by atoms with van der Waals surface area (Å²) in [6.07, 6.45) is 3.90. The number of aliphatic hydroxyl groups is 1. The van der Waals surface area contributed by atoms with E-state index in [1.807, 2.05) is 17.0 Å². The van der Waals surface area contributed by atoms with E-state index < -0.39 is 0 Å². The van der Waals surface area contributed by atoms with Crippen molar-refractivity contribution >= 4 is 11.7 Å². The van der Waals surface area contributed by atoms with Gasteiger partial charge in [0.25, 0.3) is 0 Å². The molecule has 6 nitrogen and oxygen atoms in total. The Kier molecular flexibility index (Phi) is 6.02. The van der Waals surface area contributed by atoms with Crippen molar-refractivity contribution < 1.29 is 14.6 Å². The van der Waals surface area contributed by atoms with Crippen LogP contribution in [0.25, 0.3) is 0 Å². The molecule has 25 heavy (non-hydrogen) atoms. The number of urea groups is 1. The minimum absolute atomic E-state index is 0.0287. The van der Waals surface area contributed by atoms with Gasteiger partial charge < -0.3 is 25.0 Å². The van der Waals surface area contributed by atoms with Crippen LogP contribution in [-0.2, 0) is 0 Å². The van der Waals surface area contributed by atoms with Crippen LogP contribution >= 0.6 is 0 Å². The van der Waals surface area contributed by atoms with Gasteiger partial charge in [-0.3, -0.25) is 0 Å². The number of hydrogen-bond donors (Lipinski definition) is 2. The van der Waals surface area contributed by atoms with Crippen molar-refractivity contribution in [2.24, 2.45) is 5.92 Å². The number of rotatable bonds is 4. The number of methoxy groups -OCH3 is 1. The molecule has 3 rings (SSSR count). The summed E-state index contributed by atoms with van der Waals surface area (Å²) in [6.45, 7) is 3.52. The number of piperidine rings is 2. The van der Waals surface area contributed by atoms with Crippen LogP contribution in [0.15, 0.2) is 24.3 Å². The second kappa shape index (κ2) is 8.43. The molecule has 0 aromatic heterocycles. The standard InChI is InChI=1S/C19H29N3O3/c1-25-18-6-4-17(5-7-18)21-11-8-16(9-12-21)20-19(24)22-10-2-3-15(13-22)14-23/h4-7,15-16,23H,2-3,8-14H2,1H3,(H,20,24)/t15-/m1/s1. The summed E-state index contributed by atoms with van der Waals surface area (Å²) in [5, 5.41) is 12.5. The lowest BCUT2D eigenvalue weighted by molar-refractivity contribution is 0.127. The van der Waals surface area contributed by atoms with Gasteiger partial charge in [-0.25, -0.2) is 4.79 Å². The van der Waals surface area contributed by atoms with E-state index in [-0.39, 0.29) is 24.6 Å². The Morgan fingerprint density at radius 1 is 1.20 bits per heavy atom. The summed E-state index contributed by atoms with van der Waals surface area (Å²) in [7, 11) is 1.67. The predicted octanol–water partition coefficient (Wildman–Crippen LogP) is 2.08. The molecule has 2 aliphatic rings. The Bertz CT molecular complexity index is 556. The van der Waals surface area contributed by atoms with Gasteiger partial charge >= 0.3 is 6.03 Å². The maximum atomic E-state index is 12.5. The van der Waals surface area contributed by atoms with Gasteiger partial charge in [-0.2, -0.15) is 0 Å². The molecule has 138 valence electrons. The highest BCUT2D eigenvalue weighted by molar-refractivity contribution is 5.74. The second-order valence-corrected chi connectivity index (χ2v) is 7.05. The van der Waals surface area contributed by atoms with Crippen molar-refractivity contribution in [3.8, 4) is 5.75 Å². The average Bonchev–Trinajstić information content (AvgIpc) is 2.68. The van der Waals surface area contributed by atoms with Crippen LogP contribution in [0.1, 0.15) is 25.7 Å². The van der Waals surface area contributed by atoms with Crippen LogP contribution in [0.2, 0.25) is 0 Å². The van der Waals surface area contributed by atoms with Gasteiger partial charge in [0.1, 0.15) is 5.75 Å². The summed E-state index contributed by atoms with van der Waals surface area (Å²) in [4.78, 5) is 16.7. The molecule has 2 heterocycles. The van der Waals surface area contributed by atoms with Gasteiger partial charge in [0.2, 0.25) is 0 Å². The van der Waals surface area contributed by atoms with Crippen LogP contribution in [0, 0.1) is 5.92 Å². The van der Waals surface area contributed by atoms with Crippen molar-refractivity contribution in [2.45, 2.75) is 31.7 Å². The fourth-order valence-corrected chi connectivity index (χ4v) is 3.74. The Labute approximate surface area is 149 Å². The Hall–Kier alpha value is -1.95. The van der Waals surface area contributed by atoms with Crippen LogP contribution in [0.4, 0.5) is 10.5 Å². The van der Waals surface area contributed by atoms with Crippen LogP contribution in [0.3, 0.4) is 0 Å². The topological polar surface area (TPSA) is 65.0 Å². The third-order valence-corrected chi connectivity index (χ3v) is 5.32. The van der Waals surface area contributed by atoms with Gasteiger partial charge in [-0.1, -0.05) is 0 Å². The molecule has 2 fully saturated rings. The number of benzene rings is 1. The molecular formula is C19H29N3O3. The molecule has 2 saturated heterocycles. The molecule has 1 aromatic rings. The molecule has 2 N–H and O–H groups in total. The zero-order valence-corrected chi connectivity index (χ0v) is 15.0. The number of hydrogen-bond acceptors (Lipinski definition) is 4. The number of carbonyl (C=O) groups excluding carboxylic acids is 1. The molecule has 0 aliphatic carbocycles. The SMILES string of the molecule is COc1ccc(N2CCC(NC(=O)N3CCC[C@@H](CO)C3)CC2)cc1. The lowest BCUT2D eigenvalue weighted by Crippen LogP contribution is -2.51. The van der Waals surface area contributed by atoms with E-state index in [0.29, 0.717) is 6.54 Å².